The van der Waals surface area contributed by atoms with Gasteiger partial charge in [0.05, 0.1) is 11.6 Å². The first kappa shape index (κ1) is 11.2. The fraction of sp³-hybridized carbons (Fsp3) is 0.300. The maximum Gasteiger partial charge on any atom is 0.271 e. The molecule has 4 nitrogen and oxygen atoms in total. The Kier molecular flexibility index (Phi) is 3.31. The van der Waals surface area contributed by atoms with Crippen LogP contribution in [0.25, 0.3) is 0 Å². The summed E-state index contributed by atoms with van der Waals surface area (Å²) in [7, 11) is 0. The normalized spacial score (nSPS) is 12.4. The molecule has 1 unspecified atom stereocenters. The van der Waals surface area contributed by atoms with Crippen LogP contribution in [0.2, 0.25) is 0 Å². The van der Waals surface area contributed by atoms with E-state index in [4.69, 9.17) is 0 Å². The van der Waals surface area contributed by atoms with Crippen molar-refractivity contribution in [3.63, 3.8) is 0 Å². The summed E-state index contributed by atoms with van der Waals surface area (Å²) in [6.07, 6.45) is 0. The van der Waals surface area contributed by atoms with Crippen molar-refractivity contribution in [1.82, 2.24) is 15.3 Å². The lowest BCUT2D eigenvalue weighted by Crippen LogP contribution is -2.26. The standard InChI is InChI=1S/C10H11N3OS2/c1-6-3-16-10(12-6)7(2)13-9(14)8-4-15-5-11-8/h3-5,7H,1-2H3,(H,13,14). The molecule has 0 aliphatic carbocycles. The fourth-order valence-electron chi connectivity index (χ4n) is 1.23. The third-order valence-electron chi connectivity index (χ3n) is 2.02. The molecule has 0 aliphatic heterocycles. The Morgan fingerprint density at radius 3 is 2.88 bits per heavy atom. The lowest BCUT2D eigenvalue weighted by Gasteiger charge is -2.09. The average molecular weight is 253 g/mol. The molecule has 84 valence electrons. The summed E-state index contributed by atoms with van der Waals surface area (Å²) in [5, 5.41) is 7.49. The summed E-state index contributed by atoms with van der Waals surface area (Å²) < 4.78 is 0. The van der Waals surface area contributed by atoms with Gasteiger partial charge >= 0.3 is 0 Å². The summed E-state index contributed by atoms with van der Waals surface area (Å²) in [6.45, 7) is 3.86. The molecule has 1 atom stereocenters. The van der Waals surface area contributed by atoms with Crippen LogP contribution in [-0.4, -0.2) is 15.9 Å². The monoisotopic (exact) mass is 253 g/mol. The Hall–Kier alpha value is -1.27. The van der Waals surface area contributed by atoms with Crippen molar-refractivity contribution in [2.45, 2.75) is 19.9 Å². The van der Waals surface area contributed by atoms with Crippen LogP contribution in [0.1, 0.15) is 34.2 Å². The number of nitrogens with one attached hydrogen (secondary N) is 1. The minimum absolute atomic E-state index is 0.0760. The van der Waals surface area contributed by atoms with E-state index in [1.807, 2.05) is 19.2 Å². The molecule has 2 aromatic rings. The molecule has 0 aromatic carbocycles. The lowest BCUT2D eigenvalue weighted by molar-refractivity contribution is 0.0935. The van der Waals surface area contributed by atoms with Crippen LogP contribution in [0.5, 0.6) is 0 Å². The third kappa shape index (κ3) is 2.45. The molecule has 0 fully saturated rings. The van der Waals surface area contributed by atoms with Gasteiger partial charge in [-0.3, -0.25) is 4.79 Å². The van der Waals surface area contributed by atoms with Crippen LogP contribution in [0, 0.1) is 6.92 Å². The molecule has 0 saturated heterocycles. The van der Waals surface area contributed by atoms with E-state index in [1.54, 1.807) is 22.2 Å². The van der Waals surface area contributed by atoms with Crippen molar-refractivity contribution in [2.24, 2.45) is 0 Å². The maximum atomic E-state index is 11.7. The average Bonchev–Trinajstić information content (AvgIpc) is 2.87. The number of hydrogen-bond donors (Lipinski definition) is 1. The molecular formula is C10H11N3OS2. The minimum Gasteiger partial charge on any atom is -0.342 e. The molecule has 2 heterocycles. The van der Waals surface area contributed by atoms with Crippen LogP contribution in [0.15, 0.2) is 16.3 Å². The number of amides is 1. The number of rotatable bonds is 3. The summed E-state index contributed by atoms with van der Waals surface area (Å²) in [4.78, 5) is 20.0. The molecule has 0 saturated carbocycles. The van der Waals surface area contributed by atoms with Gasteiger partial charge in [-0.05, 0) is 13.8 Å². The molecule has 0 aliphatic rings. The quantitative estimate of drug-likeness (QED) is 0.913. The number of hydrogen-bond acceptors (Lipinski definition) is 5. The zero-order chi connectivity index (χ0) is 11.5. The highest BCUT2D eigenvalue weighted by atomic mass is 32.1. The van der Waals surface area contributed by atoms with E-state index in [0.29, 0.717) is 5.69 Å². The highest BCUT2D eigenvalue weighted by molar-refractivity contribution is 7.09. The van der Waals surface area contributed by atoms with Crippen molar-refractivity contribution in [1.29, 1.82) is 0 Å². The molecular weight excluding hydrogens is 242 g/mol. The third-order valence-corrected chi connectivity index (χ3v) is 3.75. The van der Waals surface area contributed by atoms with Crippen molar-refractivity contribution in [2.75, 3.05) is 0 Å². The number of nitrogens with zero attached hydrogens (tertiary/aromatic N) is 2. The van der Waals surface area contributed by atoms with Crippen LogP contribution < -0.4 is 5.32 Å². The van der Waals surface area contributed by atoms with Crippen LogP contribution in [-0.2, 0) is 0 Å². The van der Waals surface area contributed by atoms with Crippen molar-refractivity contribution >= 4 is 28.6 Å². The highest BCUT2D eigenvalue weighted by Gasteiger charge is 2.14. The predicted octanol–water partition coefficient (Wildman–Crippen LogP) is 2.40. The highest BCUT2D eigenvalue weighted by Crippen LogP contribution is 2.17. The van der Waals surface area contributed by atoms with Gasteiger partial charge in [0, 0.05) is 16.5 Å². The summed E-state index contributed by atoms with van der Waals surface area (Å²) in [5.74, 6) is -0.151. The maximum absolute atomic E-state index is 11.7. The minimum atomic E-state index is -0.151. The second-order valence-corrected chi connectivity index (χ2v) is 5.00. The topological polar surface area (TPSA) is 54.9 Å². The van der Waals surface area contributed by atoms with Crippen molar-refractivity contribution in [3.8, 4) is 0 Å². The van der Waals surface area contributed by atoms with Crippen molar-refractivity contribution < 1.29 is 4.79 Å². The Labute approximate surface area is 101 Å². The van der Waals surface area contributed by atoms with E-state index in [0.717, 1.165) is 10.7 Å². The number of carbonyl (C=O) groups is 1. The molecule has 6 heteroatoms. The molecule has 2 rings (SSSR count). The molecule has 16 heavy (non-hydrogen) atoms. The van der Waals surface area contributed by atoms with Gasteiger partial charge < -0.3 is 5.32 Å². The van der Waals surface area contributed by atoms with E-state index in [9.17, 15) is 4.79 Å². The first-order valence-corrected chi connectivity index (χ1v) is 6.60. The second-order valence-electron chi connectivity index (χ2n) is 3.40. The molecule has 0 bridgehead atoms. The first-order valence-electron chi connectivity index (χ1n) is 4.78. The summed E-state index contributed by atoms with van der Waals surface area (Å²) >= 11 is 2.96. The Bertz CT molecular complexity index is 478. The fourth-order valence-corrected chi connectivity index (χ4v) is 2.56. The van der Waals surface area contributed by atoms with Gasteiger partial charge in [-0.25, -0.2) is 9.97 Å². The zero-order valence-electron chi connectivity index (χ0n) is 8.93. The van der Waals surface area contributed by atoms with Crippen LogP contribution in [0.3, 0.4) is 0 Å². The molecule has 1 amide bonds. The predicted molar refractivity (Wildman–Crippen MR) is 64.8 cm³/mol. The van der Waals surface area contributed by atoms with Crippen LogP contribution >= 0.6 is 22.7 Å². The number of thiazole rings is 2. The van der Waals surface area contributed by atoms with E-state index >= 15 is 0 Å². The van der Waals surface area contributed by atoms with Gasteiger partial charge in [-0.1, -0.05) is 0 Å². The van der Waals surface area contributed by atoms with Crippen LogP contribution in [0.4, 0.5) is 0 Å². The second kappa shape index (κ2) is 4.71. The Morgan fingerprint density at radius 2 is 2.31 bits per heavy atom. The number of carbonyl (C=O) groups excluding carboxylic acids is 1. The smallest absolute Gasteiger partial charge is 0.271 e. The number of aromatic nitrogens is 2. The van der Waals surface area contributed by atoms with Crippen molar-refractivity contribution in [3.05, 3.63) is 32.7 Å². The molecule has 0 spiro atoms. The Balaban J connectivity index is 2.03. The molecule has 2 aromatic heterocycles. The lowest BCUT2D eigenvalue weighted by atomic mass is 10.3. The number of aryl methyl sites for hydroxylation is 1. The summed E-state index contributed by atoms with van der Waals surface area (Å²) in [6, 6.07) is -0.0760. The molecule has 1 N–H and O–H groups in total. The first-order chi connectivity index (χ1) is 7.66. The van der Waals surface area contributed by atoms with E-state index in [-0.39, 0.29) is 11.9 Å². The summed E-state index contributed by atoms with van der Waals surface area (Å²) in [5.41, 5.74) is 3.09. The van der Waals surface area contributed by atoms with Gasteiger partial charge in [0.25, 0.3) is 5.91 Å². The van der Waals surface area contributed by atoms with E-state index < -0.39 is 0 Å². The van der Waals surface area contributed by atoms with E-state index in [1.165, 1.54) is 11.3 Å². The Morgan fingerprint density at radius 1 is 1.50 bits per heavy atom. The molecule has 0 radical (unpaired) electrons. The van der Waals surface area contributed by atoms with Gasteiger partial charge in [-0.2, -0.15) is 0 Å². The van der Waals surface area contributed by atoms with Gasteiger partial charge in [0.2, 0.25) is 0 Å². The SMILES string of the molecule is Cc1csc(C(C)NC(=O)c2cscn2)n1. The van der Waals surface area contributed by atoms with Gasteiger partial charge in [0.1, 0.15) is 10.7 Å². The zero-order valence-corrected chi connectivity index (χ0v) is 10.6. The van der Waals surface area contributed by atoms with E-state index in [2.05, 4.69) is 15.3 Å². The van der Waals surface area contributed by atoms with Gasteiger partial charge in [0.15, 0.2) is 0 Å². The van der Waals surface area contributed by atoms with Gasteiger partial charge in [-0.15, -0.1) is 22.7 Å². The largest absolute Gasteiger partial charge is 0.342 e.